The van der Waals surface area contributed by atoms with E-state index >= 15 is 0 Å². The number of carbonyl (C=O) groups excluding carboxylic acids is 1. The predicted octanol–water partition coefficient (Wildman–Crippen LogP) is 6.60. The zero-order valence-corrected chi connectivity index (χ0v) is 25.3. The highest BCUT2D eigenvalue weighted by Crippen LogP contribution is 2.38. The van der Waals surface area contributed by atoms with Gasteiger partial charge in [-0.15, -0.1) is 0 Å². The molecule has 202 valence electrons. The van der Waals surface area contributed by atoms with Crippen LogP contribution in [0.5, 0.6) is 11.5 Å². The fourth-order valence-corrected chi connectivity index (χ4v) is 6.07. The summed E-state index contributed by atoms with van der Waals surface area (Å²) in [5.41, 5.74) is 3.79. The van der Waals surface area contributed by atoms with Gasteiger partial charge in [0.05, 0.1) is 34.5 Å². The van der Waals surface area contributed by atoms with Crippen molar-refractivity contribution < 1.29 is 19.0 Å². The van der Waals surface area contributed by atoms with Crippen LogP contribution in [0.15, 0.2) is 70.6 Å². The lowest BCUT2D eigenvalue weighted by Crippen LogP contribution is -2.36. The second kappa shape index (κ2) is 12.6. The Kier molecular flexibility index (Phi) is 9.01. The number of amides is 1. The molecule has 10 heteroatoms. The SMILES string of the molecule is COc1cc(/C=C2/SC(=Nc3ccc(N4CCOCC4)cc3)N(C)C2=O)cc(I)c1OCc1ccc(Cl)cc1. The lowest BCUT2D eigenvalue weighted by molar-refractivity contribution is -0.121. The maximum atomic E-state index is 13.0. The van der Waals surface area contributed by atoms with Gasteiger partial charge in [-0.1, -0.05) is 23.7 Å². The second-order valence-corrected chi connectivity index (χ2v) is 11.5. The van der Waals surface area contributed by atoms with Crippen molar-refractivity contribution in [2.75, 3.05) is 45.4 Å². The fourth-order valence-electron chi connectivity index (χ4n) is 4.17. The second-order valence-electron chi connectivity index (χ2n) is 8.93. The lowest BCUT2D eigenvalue weighted by Gasteiger charge is -2.28. The number of amidine groups is 1. The molecular weight excluding hydrogens is 649 g/mol. The topological polar surface area (TPSA) is 63.6 Å². The summed E-state index contributed by atoms with van der Waals surface area (Å²) in [5, 5.41) is 1.32. The van der Waals surface area contributed by atoms with E-state index in [4.69, 9.17) is 30.8 Å². The summed E-state index contributed by atoms with van der Waals surface area (Å²) in [7, 11) is 3.35. The van der Waals surface area contributed by atoms with E-state index in [1.165, 1.54) is 11.8 Å². The van der Waals surface area contributed by atoms with Crippen molar-refractivity contribution in [3.8, 4) is 11.5 Å². The van der Waals surface area contributed by atoms with Crippen LogP contribution in [0.1, 0.15) is 11.1 Å². The number of likely N-dealkylation sites (N-methyl/N-ethyl adjacent to an activating group) is 1. The van der Waals surface area contributed by atoms with Crippen molar-refractivity contribution in [2.45, 2.75) is 6.61 Å². The molecule has 0 bridgehead atoms. The zero-order chi connectivity index (χ0) is 27.4. The summed E-state index contributed by atoms with van der Waals surface area (Å²) in [6.07, 6.45) is 1.86. The third kappa shape index (κ3) is 6.71. The minimum atomic E-state index is -0.0965. The Morgan fingerprint density at radius 2 is 1.82 bits per heavy atom. The van der Waals surface area contributed by atoms with Gasteiger partial charge in [-0.2, -0.15) is 0 Å². The molecule has 3 aromatic rings. The number of hydrogen-bond acceptors (Lipinski definition) is 7. The van der Waals surface area contributed by atoms with Crippen LogP contribution in [0.2, 0.25) is 5.02 Å². The smallest absolute Gasteiger partial charge is 0.266 e. The summed E-state index contributed by atoms with van der Waals surface area (Å²) in [5.74, 6) is 1.15. The molecule has 0 saturated carbocycles. The van der Waals surface area contributed by atoms with Crippen molar-refractivity contribution in [2.24, 2.45) is 4.99 Å². The van der Waals surface area contributed by atoms with Crippen LogP contribution >= 0.6 is 46.0 Å². The Hall–Kier alpha value is -2.73. The highest BCUT2D eigenvalue weighted by Gasteiger charge is 2.30. The molecule has 2 aliphatic heterocycles. The number of nitrogens with zero attached hydrogens (tertiary/aromatic N) is 3. The first-order chi connectivity index (χ1) is 18.9. The number of anilines is 1. The first kappa shape index (κ1) is 27.8. The molecule has 0 aromatic heterocycles. The molecule has 2 aliphatic rings. The number of benzene rings is 3. The summed E-state index contributed by atoms with van der Waals surface area (Å²) >= 11 is 9.56. The maximum absolute atomic E-state index is 13.0. The highest BCUT2D eigenvalue weighted by molar-refractivity contribution is 14.1. The molecule has 2 fully saturated rings. The van der Waals surface area contributed by atoms with Crippen molar-refractivity contribution in [1.29, 1.82) is 0 Å². The van der Waals surface area contributed by atoms with Crippen molar-refractivity contribution in [1.82, 2.24) is 4.90 Å². The number of thioether (sulfide) groups is 1. The van der Waals surface area contributed by atoms with Crippen LogP contribution in [0, 0.1) is 3.57 Å². The van der Waals surface area contributed by atoms with E-state index in [0.29, 0.717) is 33.2 Å². The molecule has 7 nitrogen and oxygen atoms in total. The normalized spacial score (nSPS) is 17.8. The number of methoxy groups -OCH3 is 1. The zero-order valence-electron chi connectivity index (χ0n) is 21.5. The molecule has 5 rings (SSSR count). The number of morpholine rings is 1. The summed E-state index contributed by atoms with van der Waals surface area (Å²) < 4.78 is 18.0. The molecule has 0 atom stereocenters. The van der Waals surface area contributed by atoms with E-state index in [1.54, 1.807) is 19.1 Å². The van der Waals surface area contributed by atoms with Crippen LogP contribution in [0.3, 0.4) is 0 Å². The first-order valence-electron chi connectivity index (χ1n) is 12.3. The van der Waals surface area contributed by atoms with Gasteiger partial charge < -0.3 is 19.1 Å². The molecule has 0 radical (unpaired) electrons. The van der Waals surface area contributed by atoms with E-state index in [1.807, 2.05) is 54.6 Å². The van der Waals surface area contributed by atoms with Crippen molar-refractivity contribution in [3.63, 3.8) is 0 Å². The average Bonchev–Trinajstić information content (AvgIpc) is 3.21. The largest absolute Gasteiger partial charge is 0.493 e. The number of aliphatic imine (C=N–C) groups is 1. The third-order valence-electron chi connectivity index (χ3n) is 6.30. The molecule has 2 heterocycles. The maximum Gasteiger partial charge on any atom is 0.266 e. The molecule has 0 aliphatic carbocycles. The fraction of sp³-hybridized carbons (Fsp3) is 0.241. The quantitative estimate of drug-likeness (QED) is 0.208. The van der Waals surface area contributed by atoms with Gasteiger partial charge in [0.1, 0.15) is 6.61 Å². The van der Waals surface area contributed by atoms with Crippen LogP contribution in [0.25, 0.3) is 6.08 Å². The van der Waals surface area contributed by atoms with Gasteiger partial charge in [-0.05, 0) is 100 Å². The van der Waals surface area contributed by atoms with Gasteiger partial charge in [0.2, 0.25) is 0 Å². The predicted molar refractivity (Wildman–Crippen MR) is 166 cm³/mol. The van der Waals surface area contributed by atoms with E-state index < -0.39 is 0 Å². The number of rotatable bonds is 7. The molecule has 1 amide bonds. The van der Waals surface area contributed by atoms with E-state index in [9.17, 15) is 4.79 Å². The monoisotopic (exact) mass is 675 g/mol. The van der Waals surface area contributed by atoms with Gasteiger partial charge in [0.15, 0.2) is 16.7 Å². The van der Waals surface area contributed by atoms with Crippen LogP contribution in [0.4, 0.5) is 11.4 Å². The molecular formula is C29H27ClIN3O4S. The van der Waals surface area contributed by atoms with E-state index in [-0.39, 0.29) is 5.91 Å². The number of ether oxygens (including phenoxy) is 3. The highest BCUT2D eigenvalue weighted by atomic mass is 127. The Labute approximate surface area is 250 Å². The van der Waals surface area contributed by atoms with Crippen LogP contribution in [-0.4, -0.2) is 56.4 Å². The molecule has 0 N–H and O–H groups in total. The molecule has 0 spiro atoms. The van der Waals surface area contributed by atoms with Crippen LogP contribution < -0.4 is 14.4 Å². The summed E-state index contributed by atoms with van der Waals surface area (Å²) in [4.78, 5) is 22.2. The Morgan fingerprint density at radius 3 is 2.51 bits per heavy atom. The summed E-state index contributed by atoms with van der Waals surface area (Å²) in [6, 6.07) is 19.5. The van der Waals surface area contributed by atoms with E-state index in [0.717, 1.165) is 52.4 Å². The minimum Gasteiger partial charge on any atom is -0.493 e. The van der Waals surface area contributed by atoms with E-state index in [2.05, 4.69) is 39.6 Å². The van der Waals surface area contributed by atoms with Gasteiger partial charge in [0.25, 0.3) is 5.91 Å². The minimum absolute atomic E-state index is 0.0965. The first-order valence-corrected chi connectivity index (χ1v) is 14.6. The Morgan fingerprint density at radius 1 is 1.10 bits per heavy atom. The van der Waals surface area contributed by atoms with Gasteiger partial charge in [-0.3, -0.25) is 9.69 Å². The molecule has 3 aromatic carbocycles. The van der Waals surface area contributed by atoms with Gasteiger partial charge in [-0.25, -0.2) is 4.99 Å². The molecule has 39 heavy (non-hydrogen) atoms. The van der Waals surface area contributed by atoms with Crippen LogP contribution in [-0.2, 0) is 16.1 Å². The average molecular weight is 676 g/mol. The standard InChI is InChI=1S/C29H27ClIN3O4S/c1-33-28(35)26(39-29(33)32-22-7-9-23(10-8-22)34-11-13-37-14-12-34)17-20-15-24(31)27(25(16-20)36-2)38-18-19-3-5-21(30)6-4-19/h3-10,15-17H,11-14,18H2,1-2H3/b26-17+,32-29?. The lowest BCUT2D eigenvalue weighted by atomic mass is 10.1. The number of halogens is 2. The summed E-state index contributed by atoms with van der Waals surface area (Å²) in [6.45, 7) is 3.64. The number of hydrogen-bond donors (Lipinski definition) is 0. The van der Waals surface area contributed by atoms with Gasteiger partial charge in [0, 0.05) is 30.8 Å². The number of carbonyl (C=O) groups is 1. The van der Waals surface area contributed by atoms with Crippen molar-refractivity contribution in [3.05, 3.63) is 85.3 Å². The Bertz CT molecular complexity index is 1410. The Balaban J connectivity index is 1.31. The third-order valence-corrected chi connectivity index (χ3v) is 8.41. The van der Waals surface area contributed by atoms with Gasteiger partial charge >= 0.3 is 0 Å². The molecule has 0 unspecified atom stereocenters. The molecule has 2 saturated heterocycles. The van der Waals surface area contributed by atoms with Crippen molar-refractivity contribution >= 4 is 74.5 Å².